The van der Waals surface area contributed by atoms with Gasteiger partial charge in [0.1, 0.15) is 13.3 Å². The summed E-state index contributed by atoms with van der Waals surface area (Å²) in [7, 11) is 0. The van der Waals surface area contributed by atoms with Gasteiger partial charge >= 0.3 is 0 Å². The largest absolute Gasteiger partial charge is 0.334 e. The second-order valence-electron chi connectivity index (χ2n) is 5.64. The highest BCUT2D eigenvalue weighted by Crippen LogP contribution is 2.19. The number of rotatable bonds is 2. The molecule has 4 rings (SSSR count). The quantitative estimate of drug-likeness (QED) is 0.675. The van der Waals surface area contributed by atoms with Crippen LogP contribution in [0.1, 0.15) is 5.56 Å². The van der Waals surface area contributed by atoms with E-state index in [1.165, 1.54) is 11.3 Å². The third kappa shape index (κ3) is 3.35. The van der Waals surface area contributed by atoms with E-state index in [4.69, 9.17) is 23.2 Å². The fourth-order valence-electron chi connectivity index (χ4n) is 2.67. The highest BCUT2D eigenvalue weighted by atomic mass is 35.5. The maximum Gasteiger partial charge on any atom is 0.271 e. The number of aromatic nitrogens is 1. The van der Waals surface area contributed by atoms with Gasteiger partial charge in [0, 0.05) is 15.7 Å². The van der Waals surface area contributed by atoms with Crippen LogP contribution in [0.4, 0.5) is 5.69 Å². The van der Waals surface area contributed by atoms with Gasteiger partial charge in [-0.15, -0.1) is 0 Å². The first-order valence-electron chi connectivity index (χ1n) is 7.62. The monoisotopic (exact) mass is 389 g/mol. The lowest BCUT2D eigenvalue weighted by molar-refractivity contribution is 0.569. The second-order valence-corrected chi connectivity index (χ2v) is 7.52. The Bertz CT molecular complexity index is 1100. The first-order chi connectivity index (χ1) is 12.1. The summed E-state index contributed by atoms with van der Waals surface area (Å²) in [4.78, 5) is 20.0. The standard InChI is InChI=1S/C18H13Cl2N3OS/c19-13-4-6-15(7-5-13)22-10-21-18-23(11-22)17(24)16(25-18)9-12-2-1-3-14(20)8-12/h1-9H,10-11H2/b16-9-. The summed E-state index contributed by atoms with van der Waals surface area (Å²) >= 11 is 13.4. The molecule has 0 fully saturated rings. The molecule has 25 heavy (non-hydrogen) atoms. The average molecular weight is 390 g/mol. The van der Waals surface area contributed by atoms with Gasteiger partial charge in [0.2, 0.25) is 0 Å². The molecule has 0 aliphatic carbocycles. The predicted molar refractivity (Wildman–Crippen MR) is 103 cm³/mol. The predicted octanol–water partition coefficient (Wildman–Crippen LogP) is 3.10. The number of thiazole rings is 1. The molecule has 126 valence electrons. The van der Waals surface area contributed by atoms with Crippen molar-refractivity contribution in [1.82, 2.24) is 4.57 Å². The topological polar surface area (TPSA) is 37.6 Å². The Morgan fingerprint density at radius 2 is 1.88 bits per heavy atom. The van der Waals surface area contributed by atoms with Gasteiger partial charge in [-0.25, -0.2) is 4.99 Å². The third-order valence-electron chi connectivity index (χ3n) is 3.92. The summed E-state index contributed by atoms with van der Waals surface area (Å²) in [5.41, 5.74) is 1.85. The molecule has 0 saturated heterocycles. The Labute approximate surface area is 157 Å². The molecule has 7 heteroatoms. The smallest absolute Gasteiger partial charge is 0.271 e. The summed E-state index contributed by atoms with van der Waals surface area (Å²) in [6, 6.07) is 15.0. The third-order valence-corrected chi connectivity index (χ3v) is 5.45. The van der Waals surface area contributed by atoms with Gasteiger partial charge in [0.05, 0.1) is 4.53 Å². The Morgan fingerprint density at radius 3 is 2.64 bits per heavy atom. The number of benzene rings is 2. The molecule has 4 nitrogen and oxygen atoms in total. The minimum Gasteiger partial charge on any atom is -0.334 e. The van der Waals surface area contributed by atoms with E-state index in [2.05, 4.69) is 4.99 Å². The molecule has 0 N–H and O–H groups in total. The van der Waals surface area contributed by atoms with Crippen LogP contribution >= 0.6 is 34.5 Å². The molecule has 3 aromatic rings. The Morgan fingerprint density at radius 1 is 1.08 bits per heavy atom. The molecule has 0 saturated carbocycles. The van der Waals surface area contributed by atoms with Gasteiger partial charge in [-0.1, -0.05) is 46.7 Å². The van der Waals surface area contributed by atoms with Crippen LogP contribution < -0.4 is 19.8 Å². The lowest BCUT2D eigenvalue weighted by Gasteiger charge is -2.25. The highest BCUT2D eigenvalue weighted by molar-refractivity contribution is 7.07. The summed E-state index contributed by atoms with van der Waals surface area (Å²) in [6.07, 6.45) is 1.85. The fourth-order valence-corrected chi connectivity index (χ4v) is 3.96. The van der Waals surface area contributed by atoms with Crippen molar-refractivity contribution in [2.24, 2.45) is 4.99 Å². The SMILES string of the molecule is O=c1/c(=C/c2cccc(Cl)c2)sc2n1CN(c1ccc(Cl)cc1)CN=2. The van der Waals surface area contributed by atoms with Gasteiger partial charge in [0.25, 0.3) is 5.56 Å². The maximum atomic E-state index is 12.7. The van der Waals surface area contributed by atoms with Crippen molar-refractivity contribution in [1.29, 1.82) is 0 Å². The molecule has 0 unspecified atom stereocenters. The minimum absolute atomic E-state index is 0.0395. The van der Waals surface area contributed by atoms with Gasteiger partial charge in [-0.3, -0.25) is 9.36 Å². The fraction of sp³-hybridized carbons (Fsp3) is 0.111. The molecule has 0 bridgehead atoms. The highest BCUT2D eigenvalue weighted by Gasteiger charge is 2.15. The van der Waals surface area contributed by atoms with Crippen molar-refractivity contribution < 1.29 is 0 Å². The number of hydrogen-bond acceptors (Lipinski definition) is 4. The second kappa shape index (κ2) is 6.67. The molecule has 0 spiro atoms. The van der Waals surface area contributed by atoms with Crippen LogP contribution in [0.5, 0.6) is 0 Å². The molecular formula is C18H13Cl2N3OS. The summed E-state index contributed by atoms with van der Waals surface area (Å²) in [5, 5.41) is 1.33. The van der Waals surface area contributed by atoms with Crippen LogP contribution in [0.15, 0.2) is 58.3 Å². The van der Waals surface area contributed by atoms with Crippen molar-refractivity contribution in [2.45, 2.75) is 6.67 Å². The van der Waals surface area contributed by atoms with Gasteiger partial charge in [-0.2, -0.15) is 0 Å². The van der Waals surface area contributed by atoms with E-state index in [0.717, 1.165) is 16.1 Å². The van der Waals surface area contributed by atoms with E-state index in [0.29, 0.717) is 27.9 Å². The van der Waals surface area contributed by atoms with E-state index < -0.39 is 0 Å². The number of halogens is 2. The number of fused-ring (bicyclic) bond motifs is 1. The van der Waals surface area contributed by atoms with Crippen LogP contribution in [-0.2, 0) is 6.67 Å². The van der Waals surface area contributed by atoms with Gasteiger partial charge < -0.3 is 4.90 Å². The Balaban J connectivity index is 1.71. The number of anilines is 1. The molecule has 2 heterocycles. The van der Waals surface area contributed by atoms with Crippen LogP contribution in [0.25, 0.3) is 6.08 Å². The van der Waals surface area contributed by atoms with Crippen LogP contribution in [0.2, 0.25) is 10.0 Å². The van der Waals surface area contributed by atoms with E-state index in [9.17, 15) is 4.79 Å². The van der Waals surface area contributed by atoms with Crippen molar-refractivity contribution in [2.75, 3.05) is 11.6 Å². The summed E-state index contributed by atoms with van der Waals surface area (Å²) in [6.45, 7) is 0.984. The molecule has 1 aromatic heterocycles. The van der Waals surface area contributed by atoms with Crippen molar-refractivity contribution in [3.05, 3.63) is 83.8 Å². The van der Waals surface area contributed by atoms with E-state index >= 15 is 0 Å². The Hall–Kier alpha value is -2.08. The van der Waals surface area contributed by atoms with Gasteiger partial charge in [-0.05, 0) is 48.0 Å². The van der Waals surface area contributed by atoms with E-state index in [1.807, 2.05) is 59.5 Å². The van der Waals surface area contributed by atoms with Crippen molar-refractivity contribution in [3.8, 4) is 0 Å². The summed E-state index contributed by atoms with van der Waals surface area (Å²) < 4.78 is 2.35. The van der Waals surface area contributed by atoms with Crippen molar-refractivity contribution in [3.63, 3.8) is 0 Å². The molecule has 1 aliphatic heterocycles. The molecular weight excluding hydrogens is 377 g/mol. The first-order valence-corrected chi connectivity index (χ1v) is 9.19. The Kier molecular flexibility index (Phi) is 4.37. The zero-order valence-corrected chi connectivity index (χ0v) is 15.4. The lowest BCUT2D eigenvalue weighted by atomic mass is 10.2. The van der Waals surface area contributed by atoms with Gasteiger partial charge in [0.15, 0.2) is 4.80 Å². The zero-order valence-electron chi connectivity index (χ0n) is 13.0. The van der Waals surface area contributed by atoms with E-state index in [-0.39, 0.29) is 5.56 Å². The molecule has 0 amide bonds. The first kappa shape index (κ1) is 16.4. The summed E-state index contributed by atoms with van der Waals surface area (Å²) in [5.74, 6) is 0. The van der Waals surface area contributed by atoms with Crippen LogP contribution in [0, 0.1) is 0 Å². The molecule has 0 atom stereocenters. The number of hydrogen-bond donors (Lipinski definition) is 0. The van der Waals surface area contributed by atoms with E-state index in [1.54, 1.807) is 4.57 Å². The lowest BCUT2D eigenvalue weighted by Crippen LogP contribution is -2.42. The molecule has 2 aromatic carbocycles. The minimum atomic E-state index is -0.0395. The molecule has 0 radical (unpaired) electrons. The normalized spacial score (nSPS) is 14.3. The number of nitrogens with zero attached hydrogens (tertiary/aromatic N) is 3. The molecule has 1 aliphatic rings. The van der Waals surface area contributed by atoms with Crippen LogP contribution in [0.3, 0.4) is 0 Å². The average Bonchev–Trinajstić information content (AvgIpc) is 2.91. The maximum absolute atomic E-state index is 12.7. The van der Waals surface area contributed by atoms with Crippen LogP contribution in [-0.4, -0.2) is 11.2 Å². The zero-order chi connectivity index (χ0) is 17.4. The van der Waals surface area contributed by atoms with Crippen molar-refractivity contribution >= 4 is 46.3 Å².